The lowest BCUT2D eigenvalue weighted by molar-refractivity contribution is -0.163. The second kappa shape index (κ2) is 5.46. The largest absolute Gasteiger partial charge is 0.465 e. The number of carbonyl (C=O) groups excluding carboxylic acids is 2. The summed E-state index contributed by atoms with van der Waals surface area (Å²) in [5, 5.41) is 0. The normalized spacial score (nSPS) is 25.9. The second-order valence-corrected chi connectivity index (χ2v) is 5.03. The number of hydrogen-bond acceptors (Lipinski definition) is 3. The van der Waals surface area contributed by atoms with Crippen LogP contribution in [0.5, 0.6) is 0 Å². The van der Waals surface area contributed by atoms with Crippen molar-refractivity contribution >= 4 is 11.8 Å². The molecule has 3 heteroatoms. The van der Waals surface area contributed by atoms with E-state index in [0.717, 1.165) is 12.8 Å². The molecule has 1 aliphatic rings. The molecular formula is C13H22O3. The molecule has 0 aliphatic heterocycles. The van der Waals surface area contributed by atoms with Gasteiger partial charge in [-0.15, -0.1) is 0 Å². The summed E-state index contributed by atoms with van der Waals surface area (Å²) in [7, 11) is 0. The number of ether oxygens (including phenoxy) is 1. The van der Waals surface area contributed by atoms with Crippen molar-refractivity contribution in [2.75, 3.05) is 6.61 Å². The summed E-state index contributed by atoms with van der Waals surface area (Å²) in [6.45, 7) is 6.23. The Bertz CT molecular complexity index is 270. The third kappa shape index (κ3) is 2.63. The maximum atomic E-state index is 12.1. The standard InChI is InChI=1S/C13H22O3/c1-4-16-12(15)13(9-10(2)3)8-6-5-7-11(13)14/h10H,4-9H2,1-3H3. The van der Waals surface area contributed by atoms with Crippen LogP contribution in [-0.2, 0) is 14.3 Å². The molecule has 1 fully saturated rings. The minimum Gasteiger partial charge on any atom is -0.465 e. The average molecular weight is 226 g/mol. The number of rotatable bonds is 4. The molecule has 16 heavy (non-hydrogen) atoms. The van der Waals surface area contributed by atoms with Gasteiger partial charge in [-0.3, -0.25) is 9.59 Å². The zero-order valence-electron chi connectivity index (χ0n) is 10.5. The van der Waals surface area contributed by atoms with Crippen LogP contribution >= 0.6 is 0 Å². The Morgan fingerprint density at radius 2 is 2.12 bits per heavy atom. The molecule has 1 unspecified atom stereocenters. The van der Waals surface area contributed by atoms with Crippen molar-refractivity contribution in [3.63, 3.8) is 0 Å². The summed E-state index contributed by atoms with van der Waals surface area (Å²) in [4.78, 5) is 24.1. The monoisotopic (exact) mass is 226 g/mol. The Morgan fingerprint density at radius 3 is 2.62 bits per heavy atom. The minimum absolute atomic E-state index is 0.0888. The van der Waals surface area contributed by atoms with E-state index in [2.05, 4.69) is 0 Å². The molecule has 92 valence electrons. The summed E-state index contributed by atoms with van der Waals surface area (Å²) in [5.74, 6) is 0.130. The Labute approximate surface area is 97.5 Å². The quantitative estimate of drug-likeness (QED) is 0.547. The highest BCUT2D eigenvalue weighted by molar-refractivity contribution is 6.04. The molecule has 3 nitrogen and oxygen atoms in total. The third-order valence-electron chi connectivity index (χ3n) is 3.21. The van der Waals surface area contributed by atoms with Gasteiger partial charge in [0.15, 0.2) is 0 Å². The maximum Gasteiger partial charge on any atom is 0.319 e. The predicted molar refractivity (Wildman–Crippen MR) is 62.0 cm³/mol. The van der Waals surface area contributed by atoms with Gasteiger partial charge in [-0.25, -0.2) is 0 Å². The molecule has 0 aromatic rings. The molecule has 1 saturated carbocycles. The topological polar surface area (TPSA) is 43.4 Å². The lowest BCUT2D eigenvalue weighted by Gasteiger charge is -2.34. The van der Waals surface area contributed by atoms with Crippen molar-refractivity contribution in [2.45, 2.75) is 52.9 Å². The average Bonchev–Trinajstić information content (AvgIpc) is 2.21. The van der Waals surface area contributed by atoms with E-state index in [1.54, 1.807) is 6.92 Å². The van der Waals surface area contributed by atoms with Crippen molar-refractivity contribution in [1.82, 2.24) is 0 Å². The molecule has 0 aromatic carbocycles. The first-order valence-corrected chi connectivity index (χ1v) is 6.23. The van der Waals surface area contributed by atoms with Crippen LogP contribution in [0.4, 0.5) is 0 Å². The van der Waals surface area contributed by atoms with Crippen LogP contribution in [-0.4, -0.2) is 18.4 Å². The highest BCUT2D eigenvalue weighted by Gasteiger charge is 2.47. The van der Waals surface area contributed by atoms with Gasteiger partial charge in [0.05, 0.1) is 6.61 Å². The van der Waals surface area contributed by atoms with Crippen molar-refractivity contribution < 1.29 is 14.3 Å². The fraction of sp³-hybridized carbons (Fsp3) is 0.846. The summed E-state index contributed by atoms with van der Waals surface area (Å²) in [6.07, 6.45) is 3.70. The third-order valence-corrected chi connectivity index (χ3v) is 3.21. The number of esters is 1. The first-order chi connectivity index (χ1) is 7.53. The van der Waals surface area contributed by atoms with E-state index in [0.29, 0.717) is 31.8 Å². The molecule has 1 rings (SSSR count). The maximum absolute atomic E-state index is 12.1. The van der Waals surface area contributed by atoms with Gasteiger partial charge in [-0.2, -0.15) is 0 Å². The summed E-state index contributed by atoms with van der Waals surface area (Å²) in [6, 6.07) is 0. The summed E-state index contributed by atoms with van der Waals surface area (Å²) in [5.41, 5.74) is -0.831. The van der Waals surface area contributed by atoms with E-state index in [9.17, 15) is 9.59 Å². The van der Waals surface area contributed by atoms with Gasteiger partial charge in [0.1, 0.15) is 11.2 Å². The van der Waals surface area contributed by atoms with Crippen LogP contribution in [0.3, 0.4) is 0 Å². The van der Waals surface area contributed by atoms with Gasteiger partial charge in [0, 0.05) is 6.42 Å². The van der Waals surface area contributed by atoms with Gasteiger partial charge in [0.25, 0.3) is 0 Å². The Kier molecular flexibility index (Phi) is 4.51. The van der Waals surface area contributed by atoms with Gasteiger partial charge in [-0.1, -0.05) is 20.3 Å². The van der Waals surface area contributed by atoms with Gasteiger partial charge in [-0.05, 0) is 32.1 Å². The molecule has 0 heterocycles. The van der Waals surface area contributed by atoms with Crippen LogP contribution in [0.15, 0.2) is 0 Å². The van der Waals surface area contributed by atoms with Gasteiger partial charge < -0.3 is 4.74 Å². The van der Waals surface area contributed by atoms with E-state index < -0.39 is 5.41 Å². The molecule has 0 amide bonds. The molecule has 0 bridgehead atoms. The van der Waals surface area contributed by atoms with Crippen molar-refractivity contribution in [2.24, 2.45) is 11.3 Å². The first-order valence-electron chi connectivity index (χ1n) is 6.23. The predicted octanol–water partition coefficient (Wildman–Crippen LogP) is 2.73. The number of Topliss-reactive ketones (excluding diaryl/α,β-unsaturated/α-hetero) is 1. The van der Waals surface area contributed by atoms with Crippen molar-refractivity contribution in [3.8, 4) is 0 Å². The number of carbonyl (C=O) groups is 2. The van der Waals surface area contributed by atoms with Gasteiger partial charge in [0.2, 0.25) is 0 Å². The second-order valence-electron chi connectivity index (χ2n) is 5.03. The molecule has 0 spiro atoms. The molecule has 0 aromatic heterocycles. The SMILES string of the molecule is CCOC(=O)C1(CC(C)C)CCCCC1=O. The number of hydrogen-bond donors (Lipinski definition) is 0. The molecular weight excluding hydrogens is 204 g/mol. The van der Waals surface area contributed by atoms with Crippen LogP contribution < -0.4 is 0 Å². The van der Waals surface area contributed by atoms with E-state index in [-0.39, 0.29) is 11.8 Å². The fourth-order valence-electron chi connectivity index (χ4n) is 2.57. The van der Waals surface area contributed by atoms with Crippen molar-refractivity contribution in [3.05, 3.63) is 0 Å². The lowest BCUT2D eigenvalue weighted by atomic mass is 9.68. The molecule has 0 N–H and O–H groups in total. The molecule has 1 aliphatic carbocycles. The molecule has 0 saturated heterocycles. The summed E-state index contributed by atoms with van der Waals surface area (Å²) >= 11 is 0. The molecule has 0 radical (unpaired) electrons. The minimum atomic E-state index is -0.831. The van der Waals surface area contributed by atoms with Crippen LogP contribution in [0.2, 0.25) is 0 Å². The summed E-state index contributed by atoms with van der Waals surface area (Å²) < 4.78 is 5.10. The lowest BCUT2D eigenvalue weighted by Crippen LogP contribution is -2.43. The zero-order chi connectivity index (χ0) is 12.2. The Hall–Kier alpha value is -0.860. The fourth-order valence-corrected chi connectivity index (χ4v) is 2.57. The highest BCUT2D eigenvalue weighted by atomic mass is 16.5. The Balaban J connectivity index is 2.90. The first kappa shape index (κ1) is 13.2. The van der Waals surface area contributed by atoms with Crippen LogP contribution in [0.25, 0.3) is 0 Å². The van der Waals surface area contributed by atoms with E-state index in [1.807, 2.05) is 13.8 Å². The van der Waals surface area contributed by atoms with E-state index in [4.69, 9.17) is 4.74 Å². The van der Waals surface area contributed by atoms with Crippen molar-refractivity contribution in [1.29, 1.82) is 0 Å². The van der Waals surface area contributed by atoms with Crippen LogP contribution in [0.1, 0.15) is 52.9 Å². The zero-order valence-corrected chi connectivity index (χ0v) is 10.5. The Morgan fingerprint density at radius 1 is 1.44 bits per heavy atom. The molecule has 1 atom stereocenters. The van der Waals surface area contributed by atoms with Crippen LogP contribution in [0, 0.1) is 11.3 Å². The van der Waals surface area contributed by atoms with E-state index >= 15 is 0 Å². The number of ketones is 1. The van der Waals surface area contributed by atoms with Gasteiger partial charge >= 0.3 is 5.97 Å². The highest BCUT2D eigenvalue weighted by Crippen LogP contribution is 2.40. The smallest absolute Gasteiger partial charge is 0.319 e. The van der Waals surface area contributed by atoms with E-state index in [1.165, 1.54) is 0 Å².